The molecule has 0 spiro atoms. The fourth-order valence-electron chi connectivity index (χ4n) is 4.24. The second kappa shape index (κ2) is 6.82. The Morgan fingerprint density at radius 1 is 1.21 bits per heavy atom. The molecule has 2 aromatic rings. The number of hydrogen-bond acceptors (Lipinski definition) is 4. The lowest BCUT2D eigenvalue weighted by atomic mass is 9.93. The highest BCUT2D eigenvalue weighted by atomic mass is 16.5. The third-order valence-electron chi connectivity index (χ3n) is 5.22. The van der Waals surface area contributed by atoms with Crippen LogP contribution in [-0.4, -0.2) is 53.4 Å². The quantitative estimate of drug-likeness (QED) is 0.940. The molecule has 2 atom stereocenters. The Morgan fingerprint density at radius 2 is 1.96 bits per heavy atom. The SMILES string of the molecule is C[C@@H]1CN(Cc2c(C3CCOCC3)[nH]c3ncccc23)C[C@H](C)O1. The Bertz CT molecular complexity index is 683. The highest BCUT2D eigenvalue weighted by Gasteiger charge is 2.27. The van der Waals surface area contributed by atoms with E-state index >= 15 is 0 Å². The maximum Gasteiger partial charge on any atom is 0.137 e. The van der Waals surface area contributed by atoms with Gasteiger partial charge in [0.05, 0.1) is 12.2 Å². The minimum Gasteiger partial charge on any atom is -0.381 e. The van der Waals surface area contributed by atoms with Gasteiger partial charge in [-0.05, 0) is 44.4 Å². The molecule has 0 aliphatic carbocycles. The number of aromatic nitrogens is 2. The van der Waals surface area contributed by atoms with Crippen LogP contribution in [0.15, 0.2) is 18.3 Å². The van der Waals surface area contributed by atoms with Crippen molar-refractivity contribution in [3.8, 4) is 0 Å². The molecule has 0 saturated carbocycles. The number of rotatable bonds is 3. The topological polar surface area (TPSA) is 50.4 Å². The standard InChI is InChI=1S/C19H27N3O2/c1-13-10-22(11-14(2)24-13)12-17-16-4-3-7-20-19(16)21-18(17)15-5-8-23-9-6-15/h3-4,7,13-15H,5-6,8-12H2,1-2H3,(H,20,21)/t13-,14+. The third-order valence-corrected chi connectivity index (χ3v) is 5.22. The summed E-state index contributed by atoms with van der Waals surface area (Å²) in [5, 5.41) is 1.27. The molecule has 2 aromatic heterocycles. The number of H-pyrrole nitrogens is 1. The molecule has 5 heteroatoms. The fraction of sp³-hybridized carbons (Fsp3) is 0.632. The summed E-state index contributed by atoms with van der Waals surface area (Å²) in [7, 11) is 0. The first-order valence-electron chi connectivity index (χ1n) is 9.11. The van der Waals surface area contributed by atoms with Crippen LogP contribution >= 0.6 is 0 Å². The first-order valence-corrected chi connectivity index (χ1v) is 9.11. The van der Waals surface area contributed by atoms with E-state index in [1.165, 1.54) is 16.6 Å². The van der Waals surface area contributed by atoms with Crippen molar-refractivity contribution >= 4 is 11.0 Å². The maximum absolute atomic E-state index is 5.89. The second-order valence-electron chi connectivity index (χ2n) is 7.25. The maximum atomic E-state index is 5.89. The van der Waals surface area contributed by atoms with Crippen molar-refractivity contribution in [3.05, 3.63) is 29.6 Å². The highest BCUT2D eigenvalue weighted by Crippen LogP contribution is 2.34. The minimum atomic E-state index is 0.295. The predicted octanol–water partition coefficient (Wildman–Crippen LogP) is 3.07. The van der Waals surface area contributed by atoms with Crippen LogP contribution in [0.3, 0.4) is 0 Å². The molecule has 5 nitrogen and oxygen atoms in total. The van der Waals surface area contributed by atoms with Crippen molar-refractivity contribution in [3.63, 3.8) is 0 Å². The van der Waals surface area contributed by atoms with Crippen LogP contribution in [0.4, 0.5) is 0 Å². The van der Waals surface area contributed by atoms with Crippen molar-refractivity contribution in [2.24, 2.45) is 0 Å². The molecule has 2 fully saturated rings. The number of aromatic amines is 1. The summed E-state index contributed by atoms with van der Waals surface area (Å²) in [4.78, 5) is 10.7. The van der Waals surface area contributed by atoms with Gasteiger partial charge in [-0.2, -0.15) is 0 Å². The van der Waals surface area contributed by atoms with Crippen LogP contribution in [0, 0.1) is 0 Å². The number of pyridine rings is 1. The first-order chi connectivity index (χ1) is 11.7. The Morgan fingerprint density at radius 3 is 2.71 bits per heavy atom. The van der Waals surface area contributed by atoms with E-state index in [1.54, 1.807) is 0 Å². The van der Waals surface area contributed by atoms with Gasteiger partial charge in [0.25, 0.3) is 0 Å². The number of ether oxygens (including phenoxy) is 2. The summed E-state index contributed by atoms with van der Waals surface area (Å²) in [6, 6.07) is 4.24. The van der Waals surface area contributed by atoms with E-state index in [2.05, 4.69) is 34.8 Å². The smallest absolute Gasteiger partial charge is 0.137 e. The molecule has 0 amide bonds. The second-order valence-corrected chi connectivity index (χ2v) is 7.25. The third kappa shape index (κ3) is 3.21. The van der Waals surface area contributed by atoms with E-state index in [1.807, 2.05) is 12.3 Å². The van der Waals surface area contributed by atoms with Gasteiger partial charge in [0, 0.05) is 56.0 Å². The van der Waals surface area contributed by atoms with Gasteiger partial charge < -0.3 is 14.5 Å². The summed E-state index contributed by atoms with van der Waals surface area (Å²) in [6.45, 7) is 9.00. The molecule has 0 unspecified atom stereocenters. The van der Waals surface area contributed by atoms with E-state index in [-0.39, 0.29) is 0 Å². The van der Waals surface area contributed by atoms with E-state index in [4.69, 9.17) is 9.47 Å². The van der Waals surface area contributed by atoms with Crippen LogP contribution in [0.2, 0.25) is 0 Å². The predicted molar refractivity (Wildman–Crippen MR) is 94.2 cm³/mol. The molecule has 1 N–H and O–H groups in total. The lowest BCUT2D eigenvalue weighted by molar-refractivity contribution is -0.0704. The number of morpholine rings is 1. The van der Waals surface area contributed by atoms with Crippen molar-refractivity contribution in [1.82, 2.24) is 14.9 Å². The largest absolute Gasteiger partial charge is 0.381 e. The number of hydrogen-bond donors (Lipinski definition) is 1. The fourth-order valence-corrected chi connectivity index (χ4v) is 4.24. The van der Waals surface area contributed by atoms with E-state index in [0.717, 1.165) is 51.3 Å². The average molecular weight is 329 g/mol. The van der Waals surface area contributed by atoms with Crippen molar-refractivity contribution in [2.45, 2.75) is 51.4 Å². The monoisotopic (exact) mass is 329 g/mol. The van der Waals surface area contributed by atoms with E-state index in [9.17, 15) is 0 Å². The van der Waals surface area contributed by atoms with E-state index in [0.29, 0.717) is 18.1 Å². The highest BCUT2D eigenvalue weighted by molar-refractivity contribution is 5.81. The van der Waals surface area contributed by atoms with Crippen LogP contribution in [0.5, 0.6) is 0 Å². The molecule has 4 rings (SSSR count). The Kier molecular flexibility index (Phi) is 4.57. The normalized spacial score (nSPS) is 26.9. The van der Waals surface area contributed by atoms with Crippen LogP contribution in [-0.2, 0) is 16.0 Å². The molecule has 2 aliphatic heterocycles. The van der Waals surface area contributed by atoms with Gasteiger partial charge in [0.15, 0.2) is 0 Å². The van der Waals surface area contributed by atoms with Gasteiger partial charge in [-0.15, -0.1) is 0 Å². The molecule has 4 heterocycles. The Balaban J connectivity index is 1.67. The van der Waals surface area contributed by atoms with Crippen molar-refractivity contribution < 1.29 is 9.47 Å². The zero-order chi connectivity index (χ0) is 16.5. The molecule has 0 radical (unpaired) electrons. The molecule has 0 aromatic carbocycles. The zero-order valence-electron chi connectivity index (χ0n) is 14.6. The van der Waals surface area contributed by atoms with Gasteiger partial charge in [-0.3, -0.25) is 4.90 Å². The van der Waals surface area contributed by atoms with Crippen molar-refractivity contribution in [1.29, 1.82) is 0 Å². The Labute approximate surface area is 143 Å². The Hall–Kier alpha value is -1.43. The van der Waals surface area contributed by atoms with Gasteiger partial charge in [0.1, 0.15) is 5.65 Å². The van der Waals surface area contributed by atoms with Gasteiger partial charge in [-0.1, -0.05) is 0 Å². The minimum absolute atomic E-state index is 0.295. The van der Waals surface area contributed by atoms with Crippen LogP contribution in [0.1, 0.15) is 43.9 Å². The molecular formula is C19H27N3O2. The zero-order valence-corrected chi connectivity index (χ0v) is 14.6. The molecule has 0 bridgehead atoms. The van der Waals surface area contributed by atoms with Gasteiger partial charge >= 0.3 is 0 Å². The summed E-state index contributed by atoms with van der Waals surface area (Å²) in [5.41, 5.74) is 3.81. The van der Waals surface area contributed by atoms with Crippen LogP contribution < -0.4 is 0 Å². The summed E-state index contributed by atoms with van der Waals surface area (Å²) < 4.78 is 11.4. The lowest BCUT2D eigenvalue weighted by Crippen LogP contribution is -2.44. The first kappa shape index (κ1) is 16.1. The average Bonchev–Trinajstić information content (AvgIpc) is 2.94. The molecule has 2 saturated heterocycles. The van der Waals surface area contributed by atoms with Crippen LogP contribution in [0.25, 0.3) is 11.0 Å². The van der Waals surface area contributed by atoms with Crippen molar-refractivity contribution in [2.75, 3.05) is 26.3 Å². The molecular weight excluding hydrogens is 302 g/mol. The molecule has 2 aliphatic rings. The van der Waals surface area contributed by atoms with Gasteiger partial charge in [-0.25, -0.2) is 4.98 Å². The number of nitrogens with zero attached hydrogens (tertiary/aromatic N) is 2. The lowest BCUT2D eigenvalue weighted by Gasteiger charge is -2.35. The number of fused-ring (bicyclic) bond motifs is 1. The summed E-state index contributed by atoms with van der Waals surface area (Å²) in [6.07, 6.45) is 4.65. The molecule has 24 heavy (non-hydrogen) atoms. The molecule has 130 valence electrons. The summed E-state index contributed by atoms with van der Waals surface area (Å²) >= 11 is 0. The number of nitrogens with one attached hydrogen (secondary N) is 1. The van der Waals surface area contributed by atoms with Gasteiger partial charge in [0.2, 0.25) is 0 Å². The van der Waals surface area contributed by atoms with E-state index < -0.39 is 0 Å². The summed E-state index contributed by atoms with van der Waals surface area (Å²) in [5.74, 6) is 0.554.